The van der Waals surface area contributed by atoms with Gasteiger partial charge in [0.05, 0.1) is 6.54 Å². The third-order valence-corrected chi connectivity index (χ3v) is 4.92. The maximum Gasteiger partial charge on any atom is 0.326 e. The first-order valence-corrected chi connectivity index (χ1v) is 11.2. The molecule has 0 fully saturated rings. The van der Waals surface area contributed by atoms with Crippen molar-refractivity contribution >= 4 is 42.2 Å². The van der Waals surface area contributed by atoms with Crippen LogP contribution in [0.5, 0.6) is 0 Å². The van der Waals surface area contributed by atoms with Crippen molar-refractivity contribution in [3.63, 3.8) is 0 Å². The summed E-state index contributed by atoms with van der Waals surface area (Å²) in [5.74, 6) is -3.35. The minimum atomic E-state index is -1.20. The highest BCUT2D eigenvalue weighted by Gasteiger charge is 2.27. The number of benzene rings is 1. The van der Waals surface area contributed by atoms with Gasteiger partial charge in [0.25, 0.3) is 0 Å². The van der Waals surface area contributed by atoms with E-state index in [0.717, 1.165) is 5.56 Å². The summed E-state index contributed by atoms with van der Waals surface area (Å²) in [6.45, 7) is 4.54. The fourth-order valence-corrected chi connectivity index (χ4v) is 3.26. The van der Waals surface area contributed by atoms with Crippen LogP contribution >= 0.6 is 12.6 Å². The van der Waals surface area contributed by atoms with Gasteiger partial charge in [0.15, 0.2) is 0 Å². The molecule has 11 heteroatoms. The van der Waals surface area contributed by atoms with Gasteiger partial charge in [-0.1, -0.05) is 44.2 Å². The van der Waals surface area contributed by atoms with Crippen molar-refractivity contribution in [2.75, 3.05) is 12.3 Å². The molecule has 0 unspecified atom stereocenters. The molecular formula is C22H32N4O6S. The van der Waals surface area contributed by atoms with Crippen LogP contribution in [-0.4, -0.2) is 65.1 Å². The average molecular weight is 481 g/mol. The SMILES string of the molecule is CC(=O)N[C@@H](CS)C(=O)N[C@@H](CC(C)C)C(=O)NCC(=O)N[C@@H](Cc1ccccc1)C(=O)O. The topological polar surface area (TPSA) is 154 Å². The van der Waals surface area contributed by atoms with Crippen LogP contribution in [0.2, 0.25) is 0 Å². The smallest absolute Gasteiger partial charge is 0.326 e. The van der Waals surface area contributed by atoms with Crippen LogP contribution in [0.15, 0.2) is 30.3 Å². The summed E-state index contributed by atoms with van der Waals surface area (Å²) in [5, 5.41) is 19.3. The second-order valence-corrected chi connectivity index (χ2v) is 8.36. The Hall–Kier alpha value is -3.08. The Kier molecular flexibility index (Phi) is 12.0. The maximum atomic E-state index is 12.6. The van der Waals surface area contributed by atoms with Crippen LogP contribution in [0.3, 0.4) is 0 Å². The molecule has 1 aromatic carbocycles. The number of hydrogen-bond donors (Lipinski definition) is 6. The summed E-state index contributed by atoms with van der Waals surface area (Å²) in [7, 11) is 0. The Morgan fingerprint density at radius 1 is 0.909 bits per heavy atom. The number of carboxylic acid groups (broad SMARTS) is 1. The summed E-state index contributed by atoms with van der Waals surface area (Å²) in [5.41, 5.74) is 0.742. The highest BCUT2D eigenvalue weighted by atomic mass is 32.1. The maximum absolute atomic E-state index is 12.6. The van der Waals surface area contributed by atoms with Gasteiger partial charge in [-0.15, -0.1) is 0 Å². The molecule has 0 radical (unpaired) electrons. The Labute approximate surface area is 198 Å². The zero-order valence-corrected chi connectivity index (χ0v) is 19.9. The van der Waals surface area contributed by atoms with E-state index in [9.17, 15) is 29.1 Å². The van der Waals surface area contributed by atoms with Gasteiger partial charge in [-0.05, 0) is 17.9 Å². The van der Waals surface area contributed by atoms with Crippen molar-refractivity contribution < 1.29 is 29.1 Å². The Balaban J connectivity index is 2.70. The standard InChI is InChI=1S/C22H32N4O6S/c1-13(2)9-16(26-21(30)18(12-33)24-14(3)27)20(29)23-11-19(28)25-17(22(31)32)10-15-7-5-4-6-8-15/h4-8,13,16-18,33H,9-12H2,1-3H3,(H,23,29)(H,24,27)(H,25,28)(H,26,30)(H,31,32)/t16-,17-,18-/m0/s1. The molecule has 0 aromatic heterocycles. The largest absolute Gasteiger partial charge is 0.480 e. The molecule has 0 aliphatic heterocycles. The van der Waals surface area contributed by atoms with E-state index in [1.54, 1.807) is 30.3 Å². The molecule has 0 heterocycles. The third kappa shape index (κ3) is 10.9. The summed E-state index contributed by atoms with van der Waals surface area (Å²) in [4.78, 5) is 60.1. The fraction of sp³-hybridized carbons (Fsp3) is 0.500. The zero-order valence-electron chi connectivity index (χ0n) is 19.0. The van der Waals surface area contributed by atoms with E-state index in [4.69, 9.17) is 0 Å². The van der Waals surface area contributed by atoms with E-state index in [-0.39, 0.29) is 18.1 Å². The molecule has 0 saturated heterocycles. The van der Waals surface area contributed by atoms with Gasteiger partial charge in [0.2, 0.25) is 23.6 Å². The van der Waals surface area contributed by atoms with Crippen LogP contribution in [0.25, 0.3) is 0 Å². The number of carboxylic acids is 1. The lowest BCUT2D eigenvalue weighted by molar-refractivity contribution is -0.141. The molecule has 182 valence electrons. The Bertz CT molecular complexity index is 833. The van der Waals surface area contributed by atoms with E-state index in [1.165, 1.54) is 6.92 Å². The van der Waals surface area contributed by atoms with Crippen LogP contribution < -0.4 is 21.3 Å². The van der Waals surface area contributed by atoms with Gasteiger partial charge in [0, 0.05) is 19.1 Å². The summed E-state index contributed by atoms with van der Waals surface area (Å²) >= 11 is 4.05. The van der Waals surface area contributed by atoms with E-state index >= 15 is 0 Å². The molecule has 1 aromatic rings. The van der Waals surface area contributed by atoms with Crippen molar-refractivity contribution in [3.8, 4) is 0 Å². The number of rotatable bonds is 13. The summed E-state index contributed by atoms with van der Waals surface area (Å²) < 4.78 is 0. The number of carbonyl (C=O) groups is 5. The minimum absolute atomic E-state index is 0.0435. The average Bonchev–Trinajstić information content (AvgIpc) is 2.74. The van der Waals surface area contributed by atoms with Crippen molar-refractivity contribution in [3.05, 3.63) is 35.9 Å². The summed E-state index contributed by atoms with van der Waals surface area (Å²) in [6.07, 6.45) is 0.389. The molecule has 1 rings (SSSR count). The lowest BCUT2D eigenvalue weighted by Gasteiger charge is -2.23. The molecule has 4 amide bonds. The van der Waals surface area contributed by atoms with Crippen molar-refractivity contribution in [1.82, 2.24) is 21.3 Å². The van der Waals surface area contributed by atoms with Gasteiger partial charge in [-0.2, -0.15) is 12.6 Å². The fourth-order valence-electron chi connectivity index (χ4n) is 3.00. The van der Waals surface area contributed by atoms with Crippen LogP contribution in [0.1, 0.15) is 32.8 Å². The van der Waals surface area contributed by atoms with E-state index in [1.807, 2.05) is 13.8 Å². The monoisotopic (exact) mass is 480 g/mol. The number of amides is 4. The van der Waals surface area contributed by atoms with E-state index < -0.39 is 54.3 Å². The predicted molar refractivity (Wildman–Crippen MR) is 126 cm³/mol. The van der Waals surface area contributed by atoms with Crippen LogP contribution in [-0.2, 0) is 30.4 Å². The number of thiol groups is 1. The van der Waals surface area contributed by atoms with Gasteiger partial charge in [-0.3, -0.25) is 19.2 Å². The van der Waals surface area contributed by atoms with E-state index in [2.05, 4.69) is 33.9 Å². The molecule has 0 saturated carbocycles. The number of hydrogen-bond acceptors (Lipinski definition) is 6. The minimum Gasteiger partial charge on any atom is -0.480 e. The van der Waals surface area contributed by atoms with Crippen molar-refractivity contribution in [1.29, 1.82) is 0 Å². The van der Waals surface area contributed by atoms with Crippen LogP contribution in [0.4, 0.5) is 0 Å². The highest BCUT2D eigenvalue weighted by Crippen LogP contribution is 2.06. The van der Waals surface area contributed by atoms with Gasteiger partial charge in [0.1, 0.15) is 18.1 Å². The predicted octanol–water partition coefficient (Wildman–Crippen LogP) is -0.120. The van der Waals surface area contributed by atoms with Crippen molar-refractivity contribution in [2.45, 2.75) is 51.7 Å². The zero-order chi connectivity index (χ0) is 25.0. The summed E-state index contributed by atoms with van der Waals surface area (Å²) in [6, 6.07) is 5.83. The number of aliphatic carboxylic acids is 1. The number of nitrogens with one attached hydrogen (secondary N) is 4. The number of carbonyl (C=O) groups excluding carboxylic acids is 4. The lowest BCUT2D eigenvalue weighted by Crippen LogP contribution is -2.55. The molecule has 0 aliphatic carbocycles. The first-order chi connectivity index (χ1) is 15.5. The second-order valence-electron chi connectivity index (χ2n) is 7.99. The molecule has 10 nitrogen and oxygen atoms in total. The molecule has 5 N–H and O–H groups in total. The second kappa shape index (κ2) is 14.1. The van der Waals surface area contributed by atoms with Gasteiger partial charge < -0.3 is 26.4 Å². The quantitative estimate of drug-likeness (QED) is 0.216. The van der Waals surface area contributed by atoms with E-state index in [0.29, 0.717) is 6.42 Å². The Morgan fingerprint density at radius 2 is 1.55 bits per heavy atom. The normalized spacial score (nSPS) is 13.4. The first kappa shape index (κ1) is 28.0. The molecule has 33 heavy (non-hydrogen) atoms. The lowest BCUT2D eigenvalue weighted by atomic mass is 10.0. The molecule has 3 atom stereocenters. The van der Waals surface area contributed by atoms with Crippen molar-refractivity contribution in [2.24, 2.45) is 5.92 Å². The molecular weight excluding hydrogens is 448 g/mol. The van der Waals surface area contributed by atoms with Gasteiger partial charge >= 0.3 is 5.97 Å². The van der Waals surface area contributed by atoms with Crippen LogP contribution in [0, 0.1) is 5.92 Å². The first-order valence-electron chi connectivity index (χ1n) is 10.6. The Morgan fingerprint density at radius 3 is 2.06 bits per heavy atom. The molecule has 0 aliphatic rings. The molecule has 0 bridgehead atoms. The third-order valence-electron chi connectivity index (χ3n) is 4.56. The molecule has 0 spiro atoms. The van der Waals surface area contributed by atoms with Gasteiger partial charge in [-0.25, -0.2) is 4.79 Å². The highest BCUT2D eigenvalue weighted by molar-refractivity contribution is 7.80.